The molecule has 0 amide bonds. The van der Waals surface area contributed by atoms with Crippen molar-refractivity contribution in [2.75, 3.05) is 6.61 Å². The van der Waals surface area contributed by atoms with Gasteiger partial charge in [0.25, 0.3) is 0 Å². The number of halogens is 2. The van der Waals surface area contributed by atoms with Crippen LogP contribution in [0.2, 0.25) is 0 Å². The van der Waals surface area contributed by atoms with Gasteiger partial charge in [-0.25, -0.2) is 0 Å². The maximum atomic E-state index is 9.63. The Balaban J connectivity index is 2.91. The van der Waals surface area contributed by atoms with Gasteiger partial charge in [-0.3, -0.25) is 0 Å². The summed E-state index contributed by atoms with van der Waals surface area (Å²) in [6.07, 6.45) is -0.215. The average molecular weight is 357 g/mol. The zero-order valence-electron chi connectivity index (χ0n) is 6.87. The molecule has 1 rings (SSSR count). The largest absolute Gasteiger partial charge is 0.396 e. The molecule has 0 aliphatic rings. The van der Waals surface area contributed by atoms with Crippen LogP contribution in [0.5, 0.6) is 0 Å². The van der Waals surface area contributed by atoms with E-state index in [0.717, 1.165) is 13.6 Å². The first kappa shape index (κ1) is 11.4. The van der Waals surface area contributed by atoms with Crippen LogP contribution >= 0.6 is 38.5 Å². The van der Waals surface area contributed by atoms with Gasteiger partial charge in [0, 0.05) is 21.1 Å². The summed E-state index contributed by atoms with van der Waals surface area (Å²) in [4.78, 5) is 0. The first-order chi connectivity index (χ1) is 6.15. The molecule has 1 unspecified atom stereocenters. The highest BCUT2D eigenvalue weighted by atomic mass is 127. The van der Waals surface area contributed by atoms with Crippen LogP contribution in [0.15, 0.2) is 22.7 Å². The van der Waals surface area contributed by atoms with Crippen molar-refractivity contribution >= 4 is 38.5 Å². The van der Waals surface area contributed by atoms with Crippen LogP contribution in [0.3, 0.4) is 0 Å². The molecule has 1 aromatic carbocycles. The average Bonchev–Trinajstić information content (AvgIpc) is 2.09. The van der Waals surface area contributed by atoms with Crippen molar-refractivity contribution in [1.82, 2.24) is 0 Å². The second kappa shape index (κ2) is 5.29. The van der Waals surface area contributed by atoms with Crippen LogP contribution < -0.4 is 0 Å². The molecule has 0 aliphatic heterocycles. The van der Waals surface area contributed by atoms with E-state index in [9.17, 15) is 5.11 Å². The van der Waals surface area contributed by atoms with Crippen molar-refractivity contribution in [2.24, 2.45) is 0 Å². The van der Waals surface area contributed by atoms with Gasteiger partial charge in [0.05, 0.1) is 6.10 Å². The summed E-state index contributed by atoms with van der Waals surface area (Å²) in [6, 6.07) is 5.77. The summed E-state index contributed by atoms with van der Waals surface area (Å²) in [7, 11) is 0. The summed E-state index contributed by atoms with van der Waals surface area (Å²) in [5, 5.41) is 18.3. The zero-order valence-corrected chi connectivity index (χ0v) is 10.6. The van der Waals surface area contributed by atoms with E-state index >= 15 is 0 Å². The molecular weight excluding hydrogens is 347 g/mol. The fourth-order valence-electron chi connectivity index (χ4n) is 1.05. The Bertz CT molecular complexity index is 291. The Morgan fingerprint density at radius 1 is 1.46 bits per heavy atom. The fourth-order valence-corrected chi connectivity index (χ4v) is 2.07. The van der Waals surface area contributed by atoms with Gasteiger partial charge in [0.1, 0.15) is 0 Å². The first-order valence-corrected chi connectivity index (χ1v) is 5.76. The molecule has 1 atom stereocenters. The minimum Gasteiger partial charge on any atom is -0.396 e. The highest BCUT2D eigenvalue weighted by Crippen LogP contribution is 2.26. The molecule has 0 saturated heterocycles. The van der Waals surface area contributed by atoms with Crippen LogP contribution in [0.1, 0.15) is 18.1 Å². The quantitative estimate of drug-likeness (QED) is 0.817. The summed E-state index contributed by atoms with van der Waals surface area (Å²) < 4.78 is 1.96. The van der Waals surface area contributed by atoms with E-state index in [4.69, 9.17) is 5.11 Å². The molecule has 0 saturated carbocycles. The number of rotatable bonds is 3. The number of aliphatic hydroxyl groups excluding tert-OH is 2. The first-order valence-electron chi connectivity index (χ1n) is 3.89. The van der Waals surface area contributed by atoms with E-state index < -0.39 is 6.10 Å². The minimum absolute atomic E-state index is 0.000913. The van der Waals surface area contributed by atoms with E-state index in [1.54, 1.807) is 0 Å². The molecule has 0 aromatic heterocycles. The standard InChI is InChI=1S/C9H10BrIO2/c10-8-2-1-6(11)5-7(8)9(13)3-4-12/h1-2,5,9,12-13H,3-4H2. The highest BCUT2D eigenvalue weighted by Gasteiger charge is 2.10. The Kier molecular flexibility index (Phi) is 4.64. The van der Waals surface area contributed by atoms with Gasteiger partial charge in [-0.15, -0.1) is 0 Å². The van der Waals surface area contributed by atoms with Gasteiger partial charge in [0.2, 0.25) is 0 Å². The minimum atomic E-state index is -0.589. The Morgan fingerprint density at radius 2 is 2.15 bits per heavy atom. The fraction of sp³-hybridized carbons (Fsp3) is 0.333. The van der Waals surface area contributed by atoms with Crippen molar-refractivity contribution < 1.29 is 10.2 Å². The molecule has 13 heavy (non-hydrogen) atoms. The van der Waals surface area contributed by atoms with Crippen LogP contribution in [0.4, 0.5) is 0 Å². The predicted molar refractivity (Wildman–Crippen MR) is 63.5 cm³/mol. The maximum absolute atomic E-state index is 9.63. The third-order valence-corrected chi connectivity index (χ3v) is 3.11. The monoisotopic (exact) mass is 356 g/mol. The molecule has 0 bridgehead atoms. The van der Waals surface area contributed by atoms with E-state index in [1.165, 1.54) is 0 Å². The summed E-state index contributed by atoms with van der Waals surface area (Å²) >= 11 is 5.55. The summed E-state index contributed by atoms with van der Waals surface area (Å²) in [5.41, 5.74) is 0.834. The SMILES string of the molecule is OCCC(O)c1cc(I)ccc1Br. The number of hydrogen-bond donors (Lipinski definition) is 2. The lowest BCUT2D eigenvalue weighted by molar-refractivity contribution is 0.133. The van der Waals surface area contributed by atoms with E-state index in [-0.39, 0.29) is 6.61 Å². The van der Waals surface area contributed by atoms with Gasteiger partial charge < -0.3 is 10.2 Å². The lowest BCUT2D eigenvalue weighted by atomic mass is 10.1. The molecule has 2 nitrogen and oxygen atoms in total. The van der Waals surface area contributed by atoms with Gasteiger partial charge in [0.15, 0.2) is 0 Å². The number of aliphatic hydroxyl groups is 2. The third kappa shape index (κ3) is 3.19. The van der Waals surface area contributed by atoms with E-state index in [0.29, 0.717) is 6.42 Å². The lowest BCUT2D eigenvalue weighted by Crippen LogP contribution is -2.01. The molecule has 0 radical (unpaired) electrons. The molecule has 0 heterocycles. The van der Waals surface area contributed by atoms with Gasteiger partial charge in [-0.2, -0.15) is 0 Å². The van der Waals surface area contributed by atoms with Crippen molar-refractivity contribution in [3.8, 4) is 0 Å². The summed E-state index contributed by atoms with van der Waals surface area (Å²) in [5.74, 6) is 0. The molecule has 2 N–H and O–H groups in total. The van der Waals surface area contributed by atoms with Crippen LogP contribution in [-0.4, -0.2) is 16.8 Å². The molecule has 0 aliphatic carbocycles. The normalized spacial score (nSPS) is 12.9. The molecule has 72 valence electrons. The third-order valence-electron chi connectivity index (χ3n) is 1.72. The molecule has 1 aromatic rings. The second-order valence-corrected chi connectivity index (χ2v) is 4.79. The Morgan fingerprint density at radius 3 is 2.77 bits per heavy atom. The van der Waals surface area contributed by atoms with Crippen molar-refractivity contribution in [3.63, 3.8) is 0 Å². The lowest BCUT2D eigenvalue weighted by Gasteiger charge is -2.11. The van der Waals surface area contributed by atoms with E-state index in [1.807, 2.05) is 18.2 Å². The van der Waals surface area contributed by atoms with Gasteiger partial charge in [-0.1, -0.05) is 15.9 Å². The molecule has 4 heteroatoms. The van der Waals surface area contributed by atoms with Gasteiger partial charge in [-0.05, 0) is 46.4 Å². The smallest absolute Gasteiger partial charge is 0.0823 e. The maximum Gasteiger partial charge on any atom is 0.0823 e. The van der Waals surface area contributed by atoms with Crippen LogP contribution in [-0.2, 0) is 0 Å². The van der Waals surface area contributed by atoms with Crippen molar-refractivity contribution in [2.45, 2.75) is 12.5 Å². The number of benzene rings is 1. The summed E-state index contributed by atoms with van der Waals surface area (Å²) in [6.45, 7) is -0.000913. The Hall–Kier alpha value is 0.350. The Labute approximate surface area is 99.2 Å². The molecule has 0 fully saturated rings. The molecule has 0 spiro atoms. The molecular formula is C9H10BrIO2. The van der Waals surface area contributed by atoms with Crippen LogP contribution in [0.25, 0.3) is 0 Å². The second-order valence-electron chi connectivity index (χ2n) is 2.69. The highest BCUT2D eigenvalue weighted by molar-refractivity contribution is 14.1. The van der Waals surface area contributed by atoms with Crippen molar-refractivity contribution in [1.29, 1.82) is 0 Å². The van der Waals surface area contributed by atoms with Crippen LogP contribution in [0, 0.1) is 3.57 Å². The van der Waals surface area contributed by atoms with Crippen molar-refractivity contribution in [3.05, 3.63) is 31.8 Å². The zero-order chi connectivity index (χ0) is 9.84. The topological polar surface area (TPSA) is 40.5 Å². The number of hydrogen-bond acceptors (Lipinski definition) is 2. The van der Waals surface area contributed by atoms with E-state index in [2.05, 4.69) is 38.5 Å². The predicted octanol–water partition coefficient (Wildman–Crippen LogP) is 2.47. The van der Waals surface area contributed by atoms with Gasteiger partial charge >= 0.3 is 0 Å².